The standard InChI is InChI=1S/C8H8N6O/c1-5-2-6(7-3-15-7)10-11-8(5)14-4-9-12-13-14/h2,4,7H,3H2,1H3/t7-/m1/s1. The molecule has 2 aromatic heterocycles. The van der Waals surface area contributed by atoms with Crippen LogP contribution in [0.4, 0.5) is 0 Å². The van der Waals surface area contributed by atoms with Crippen molar-refractivity contribution >= 4 is 0 Å². The summed E-state index contributed by atoms with van der Waals surface area (Å²) >= 11 is 0. The van der Waals surface area contributed by atoms with Crippen LogP contribution in [0, 0.1) is 6.92 Å². The van der Waals surface area contributed by atoms with Crippen molar-refractivity contribution in [1.29, 1.82) is 0 Å². The number of epoxide rings is 1. The Bertz CT molecular complexity index is 478. The van der Waals surface area contributed by atoms with E-state index >= 15 is 0 Å². The Morgan fingerprint density at radius 3 is 2.93 bits per heavy atom. The minimum Gasteiger partial charge on any atom is -0.366 e. The van der Waals surface area contributed by atoms with Gasteiger partial charge in [0, 0.05) is 0 Å². The molecule has 7 nitrogen and oxygen atoms in total. The van der Waals surface area contributed by atoms with Crippen molar-refractivity contribution in [2.45, 2.75) is 13.0 Å². The lowest BCUT2D eigenvalue weighted by Gasteiger charge is -2.02. The topological polar surface area (TPSA) is 81.9 Å². The predicted molar refractivity (Wildman–Crippen MR) is 48.2 cm³/mol. The van der Waals surface area contributed by atoms with Crippen LogP contribution in [0.1, 0.15) is 17.4 Å². The SMILES string of the molecule is Cc1cc([C@H]2CO2)nnc1-n1cnnn1. The molecule has 1 aliphatic rings. The van der Waals surface area contributed by atoms with Crippen LogP contribution in [0.15, 0.2) is 12.4 Å². The molecule has 0 bridgehead atoms. The molecule has 0 N–H and O–H groups in total. The van der Waals surface area contributed by atoms with Gasteiger partial charge in [-0.05, 0) is 29.0 Å². The van der Waals surface area contributed by atoms with Gasteiger partial charge in [0.05, 0.1) is 12.3 Å². The number of tetrazole rings is 1. The zero-order valence-corrected chi connectivity index (χ0v) is 8.03. The molecule has 1 aliphatic heterocycles. The first-order chi connectivity index (χ1) is 7.34. The molecule has 0 radical (unpaired) electrons. The highest BCUT2D eigenvalue weighted by Crippen LogP contribution is 2.28. The predicted octanol–water partition coefficient (Wildman–Crippen LogP) is -0.168. The molecule has 1 atom stereocenters. The first kappa shape index (κ1) is 8.42. The van der Waals surface area contributed by atoms with Gasteiger partial charge in [0.15, 0.2) is 5.82 Å². The summed E-state index contributed by atoms with van der Waals surface area (Å²) in [6, 6.07) is 1.95. The molecule has 0 unspecified atom stereocenters. The van der Waals surface area contributed by atoms with E-state index in [1.807, 2.05) is 13.0 Å². The maximum Gasteiger partial charge on any atom is 0.182 e. The van der Waals surface area contributed by atoms with Gasteiger partial charge in [-0.1, -0.05) is 0 Å². The molecule has 15 heavy (non-hydrogen) atoms. The first-order valence-corrected chi connectivity index (χ1v) is 4.54. The van der Waals surface area contributed by atoms with Crippen LogP contribution in [-0.4, -0.2) is 37.0 Å². The van der Waals surface area contributed by atoms with E-state index < -0.39 is 0 Å². The number of nitrogens with zero attached hydrogens (tertiary/aromatic N) is 6. The van der Waals surface area contributed by atoms with E-state index in [1.54, 1.807) is 0 Å². The molecular formula is C8H8N6O. The average molecular weight is 204 g/mol. The average Bonchev–Trinajstić information content (AvgIpc) is 2.95. The maximum absolute atomic E-state index is 5.13. The summed E-state index contributed by atoms with van der Waals surface area (Å²) < 4.78 is 6.62. The van der Waals surface area contributed by atoms with E-state index in [9.17, 15) is 0 Å². The van der Waals surface area contributed by atoms with E-state index in [0.29, 0.717) is 5.82 Å². The molecule has 1 saturated heterocycles. The smallest absolute Gasteiger partial charge is 0.182 e. The van der Waals surface area contributed by atoms with Crippen molar-refractivity contribution in [3.63, 3.8) is 0 Å². The van der Waals surface area contributed by atoms with E-state index in [1.165, 1.54) is 11.0 Å². The van der Waals surface area contributed by atoms with Gasteiger partial charge >= 0.3 is 0 Å². The summed E-state index contributed by atoms with van der Waals surface area (Å²) in [5, 5.41) is 19.0. The molecule has 76 valence electrons. The summed E-state index contributed by atoms with van der Waals surface area (Å²) in [5.41, 5.74) is 1.84. The zero-order chi connectivity index (χ0) is 10.3. The van der Waals surface area contributed by atoms with Gasteiger partial charge in [0.2, 0.25) is 0 Å². The van der Waals surface area contributed by atoms with E-state index in [0.717, 1.165) is 17.9 Å². The number of hydrogen-bond acceptors (Lipinski definition) is 6. The minimum atomic E-state index is 0.124. The second-order valence-corrected chi connectivity index (χ2v) is 3.35. The van der Waals surface area contributed by atoms with Gasteiger partial charge in [0.25, 0.3) is 0 Å². The van der Waals surface area contributed by atoms with Crippen molar-refractivity contribution in [2.24, 2.45) is 0 Å². The number of hydrogen-bond donors (Lipinski definition) is 0. The van der Waals surface area contributed by atoms with Gasteiger partial charge in [-0.15, -0.1) is 10.2 Å². The lowest BCUT2D eigenvalue weighted by molar-refractivity contribution is 0.409. The molecule has 3 rings (SSSR count). The number of aromatic nitrogens is 6. The van der Waals surface area contributed by atoms with Crippen LogP contribution in [0.25, 0.3) is 5.82 Å². The van der Waals surface area contributed by atoms with Crippen LogP contribution < -0.4 is 0 Å². The van der Waals surface area contributed by atoms with Crippen molar-refractivity contribution in [2.75, 3.05) is 6.61 Å². The molecule has 0 aliphatic carbocycles. The van der Waals surface area contributed by atoms with E-state index in [-0.39, 0.29) is 6.10 Å². The van der Waals surface area contributed by atoms with Crippen LogP contribution in [0.3, 0.4) is 0 Å². The minimum absolute atomic E-state index is 0.124. The summed E-state index contributed by atoms with van der Waals surface area (Å²) in [4.78, 5) is 0. The fourth-order valence-electron chi connectivity index (χ4n) is 1.36. The molecule has 1 fully saturated rings. The van der Waals surface area contributed by atoms with Crippen LogP contribution >= 0.6 is 0 Å². The number of rotatable bonds is 2. The van der Waals surface area contributed by atoms with Crippen LogP contribution in [0.5, 0.6) is 0 Å². The van der Waals surface area contributed by atoms with Crippen LogP contribution in [-0.2, 0) is 4.74 Å². The summed E-state index contributed by atoms with van der Waals surface area (Å²) in [5.74, 6) is 0.643. The highest BCUT2D eigenvalue weighted by Gasteiger charge is 2.27. The number of ether oxygens (including phenoxy) is 1. The highest BCUT2D eigenvalue weighted by atomic mass is 16.6. The quantitative estimate of drug-likeness (QED) is 0.632. The molecular weight excluding hydrogens is 196 g/mol. The van der Waals surface area contributed by atoms with Crippen molar-refractivity contribution in [3.8, 4) is 5.82 Å². The van der Waals surface area contributed by atoms with Gasteiger partial charge in [-0.2, -0.15) is 9.78 Å². The second-order valence-electron chi connectivity index (χ2n) is 3.35. The fourth-order valence-corrected chi connectivity index (χ4v) is 1.36. The third kappa shape index (κ3) is 1.46. The molecule has 2 aromatic rings. The lowest BCUT2D eigenvalue weighted by Crippen LogP contribution is -2.05. The Hall–Kier alpha value is -1.89. The lowest BCUT2D eigenvalue weighted by atomic mass is 10.2. The van der Waals surface area contributed by atoms with E-state index in [4.69, 9.17) is 4.74 Å². The number of aryl methyl sites for hydroxylation is 1. The van der Waals surface area contributed by atoms with Gasteiger partial charge in [-0.3, -0.25) is 0 Å². The summed E-state index contributed by atoms with van der Waals surface area (Å²) in [6.45, 7) is 2.68. The third-order valence-electron chi connectivity index (χ3n) is 2.21. The Kier molecular flexibility index (Phi) is 1.72. The Morgan fingerprint density at radius 2 is 2.33 bits per heavy atom. The summed E-state index contributed by atoms with van der Waals surface area (Å²) in [7, 11) is 0. The maximum atomic E-state index is 5.13. The first-order valence-electron chi connectivity index (χ1n) is 4.54. The molecule has 0 aromatic carbocycles. The van der Waals surface area contributed by atoms with E-state index in [2.05, 4.69) is 25.7 Å². The van der Waals surface area contributed by atoms with Gasteiger partial charge < -0.3 is 4.74 Å². The molecule has 7 heteroatoms. The fraction of sp³-hybridized carbons (Fsp3) is 0.375. The Labute approximate surface area is 85.1 Å². The van der Waals surface area contributed by atoms with Crippen LogP contribution in [0.2, 0.25) is 0 Å². The third-order valence-corrected chi connectivity index (χ3v) is 2.21. The molecule has 3 heterocycles. The highest BCUT2D eigenvalue weighted by molar-refractivity contribution is 5.31. The zero-order valence-electron chi connectivity index (χ0n) is 8.03. The molecule has 0 saturated carbocycles. The Balaban J connectivity index is 2.02. The van der Waals surface area contributed by atoms with Gasteiger partial charge in [0.1, 0.15) is 12.4 Å². The van der Waals surface area contributed by atoms with Crippen molar-refractivity contribution in [3.05, 3.63) is 23.7 Å². The molecule has 0 spiro atoms. The van der Waals surface area contributed by atoms with Crippen molar-refractivity contribution < 1.29 is 4.74 Å². The second kappa shape index (κ2) is 3.06. The summed E-state index contributed by atoms with van der Waals surface area (Å²) in [6.07, 6.45) is 1.61. The largest absolute Gasteiger partial charge is 0.366 e. The van der Waals surface area contributed by atoms with Gasteiger partial charge in [-0.25, -0.2) is 0 Å². The molecule has 0 amide bonds. The normalized spacial score (nSPS) is 19.1. The monoisotopic (exact) mass is 204 g/mol. The van der Waals surface area contributed by atoms with Crippen molar-refractivity contribution in [1.82, 2.24) is 30.4 Å². The Morgan fingerprint density at radius 1 is 1.47 bits per heavy atom.